The first-order valence-electron chi connectivity index (χ1n) is 14.1. The third-order valence-corrected chi connectivity index (χ3v) is 7.69. The van der Waals surface area contributed by atoms with Gasteiger partial charge >= 0.3 is 17.9 Å². The third-order valence-electron chi connectivity index (χ3n) is 7.69. The molecule has 2 aliphatic heterocycles. The highest BCUT2D eigenvalue weighted by molar-refractivity contribution is 6.50. The number of anilines is 1. The molecular weight excluding hydrogens is 600 g/mol. The molecule has 46 heavy (non-hydrogen) atoms. The Balaban J connectivity index is 0.000000274. The van der Waals surface area contributed by atoms with Crippen LogP contribution in [0.2, 0.25) is 0 Å². The molecule has 0 radical (unpaired) electrons. The average Bonchev–Trinajstić information content (AvgIpc) is 3.55. The van der Waals surface area contributed by atoms with Crippen molar-refractivity contribution in [3.05, 3.63) is 66.0 Å². The number of H-pyrrole nitrogens is 1. The zero-order valence-corrected chi connectivity index (χ0v) is 24.6. The van der Waals surface area contributed by atoms with E-state index in [2.05, 4.69) is 27.1 Å². The number of imide groups is 1. The summed E-state index contributed by atoms with van der Waals surface area (Å²) in [4.78, 5) is 73.9. The lowest BCUT2D eigenvalue weighted by atomic mass is 9.96. The molecule has 0 spiro atoms. The van der Waals surface area contributed by atoms with E-state index >= 15 is 0 Å². The maximum Gasteiger partial charge on any atom is 0.336 e. The van der Waals surface area contributed by atoms with E-state index < -0.39 is 48.2 Å². The molecule has 1 fully saturated rings. The number of rotatable bonds is 8. The second-order valence-electron chi connectivity index (χ2n) is 10.9. The van der Waals surface area contributed by atoms with E-state index in [0.717, 1.165) is 48.0 Å². The van der Waals surface area contributed by atoms with Gasteiger partial charge in [0, 0.05) is 54.2 Å². The van der Waals surface area contributed by atoms with Gasteiger partial charge in [-0.3, -0.25) is 24.5 Å². The van der Waals surface area contributed by atoms with E-state index in [-0.39, 0.29) is 0 Å². The molecule has 4 heterocycles. The number of carbonyl (C=O) groups is 5. The second kappa shape index (κ2) is 12.7. The van der Waals surface area contributed by atoms with Crippen LogP contribution in [-0.2, 0) is 24.0 Å². The number of nitrogens with one attached hydrogen (secondary N) is 2. The number of hydrogen-bond acceptors (Lipinski definition) is 10. The molecule has 1 saturated heterocycles. The van der Waals surface area contributed by atoms with Gasteiger partial charge in [-0.25, -0.2) is 14.8 Å². The lowest BCUT2D eigenvalue weighted by molar-refractivity contribution is -0.170. The maximum atomic E-state index is 13.1. The number of carbonyl (C=O) groups excluding carboxylic acids is 2. The molecule has 0 aliphatic carbocycles. The van der Waals surface area contributed by atoms with Crippen molar-refractivity contribution in [3.8, 4) is 0 Å². The second-order valence-corrected chi connectivity index (χ2v) is 10.9. The van der Waals surface area contributed by atoms with E-state index in [9.17, 15) is 24.0 Å². The number of likely N-dealkylation sites (N-methyl/N-ethyl adjacent to an activating group) is 1. The van der Waals surface area contributed by atoms with Gasteiger partial charge in [0.05, 0.1) is 35.2 Å². The molecule has 0 atom stereocenters. The van der Waals surface area contributed by atoms with Gasteiger partial charge in [0.25, 0.3) is 11.8 Å². The molecule has 2 aliphatic rings. The molecule has 15 nitrogen and oxygen atoms in total. The van der Waals surface area contributed by atoms with Crippen molar-refractivity contribution in [2.75, 3.05) is 38.1 Å². The fourth-order valence-electron chi connectivity index (χ4n) is 5.33. The minimum absolute atomic E-state index is 0.290. The van der Waals surface area contributed by atoms with Crippen LogP contribution >= 0.6 is 0 Å². The number of aliphatic hydroxyl groups is 1. The molecule has 6 N–H and O–H groups in total. The predicted octanol–water partition coefficient (Wildman–Crippen LogP) is 1.18. The van der Waals surface area contributed by atoms with Gasteiger partial charge in [0.1, 0.15) is 0 Å². The smallest absolute Gasteiger partial charge is 0.336 e. The topological polar surface area (TPSA) is 226 Å². The van der Waals surface area contributed by atoms with Crippen LogP contribution in [0.4, 0.5) is 5.95 Å². The van der Waals surface area contributed by atoms with Crippen molar-refractivity contribution in [2.24, 2.45) is 0 Å². The van der Waals surface area contributed by atoms with E-state index in [1.165, 1.54) is 0 Å². The summed E-state index contributed by atoms with van der Waals surface area (Å²) in [6.45, 7) is 3.42. The Hall–Kier alpha value is -5.67. The Labute approximate surface area is 260 Å². The highest BCUT2D eigenvalue weighted by Gasteiger charge is 2.41. The molecule has 2 amide bonds. The van der Waals surface area contributed by atoms with Crippen LogP contribution in [0.3, 0.4) is 0 Å². The molecular formula is C31H30N6O9. The van der Waals surface area contributed by atoms with Crippen LogP contribution in [0.15, 0.2) is 54.7 Å². The molecule has 238 valence electrons. The van der Waals surface area contributed by atoms with E-state index in [1.807, 2.05) is 48.5 Å². The van der Waals surface area contributed by atoms with Gasteiger partial charge in [-0.05, 0) is 19.2 Å². The quantitative estimate of drug-likeness (QED) is 0.151. The number of piperazine rings is 1. The number of hydrogen-bond donors (Lipinski definition) is 6. The number of aromatic nitrogens is 3. The van der Waals surface area contributed by atoms with Gasteiger partial charge in [-0.2, -0.15) is 0 Å². The van der Waals surface area contributed by atoms with Gasteiger partial charge in [0.15, 0.2) is 5.60 Å². The van der Waals surface area contributed by atoms with E-state index in [1.54, 1.807) is 6.20 Å². The van der Waals surface area contributed by atoms with Crippen LogP contribution < -0.4 is 10.2 Å². The largest absolute Gasteiger partial charge is 0.481 e. The number of carboxylic acid groups (broad SMARTS) is 3. The lowest BCUT2D eigenvalue weighted by Crippen LogP contribution is -2.45. The summed E-state index contributed by atoms with van der Waals surface area (Å²) in [5, 5.41) is 37.9. The van der Waals surface area contributed by atoms with Crippen molar-refractivity contribution in [2.45, 2.75) is 18.4 Å². The molecule has 0 bridgehead atoms. The van der Waals surface area contributed by atoms with Crippen LogP contribution in [-0.4, -0.2) is 109 Å². The van der Waals surface area contributed by atoms with Crippen molar-refractivity contribution in [3.63, 3.8) is 0 Å². The average molecular weight is 631 g/mol. The number of amides is 2. The molecule has 0 saturated carbocycles. The Bertz CT molecular complexity index is 1890. The molecule has 6 rings (SSSR count). The lowest BCUT2D eigenvalue weighted by Gasteiger charge is -2.32. The van der Waals surface area contributed by atoms with Crippen LogP contribution in [0.1, 0.15) is 24.1 Å². The highest BCUT2D eigenvalue weighted by Crippen LogP contribution is 2.37. The van der Waals surface area contributed by atoms with Crippen molar-refractivity contribution >= 4 is 68.6 Å². The summed E-state index contributed by atoms with van der Waals surface area (Å²) in [5.74, 6) is -5.29. The van der Waals surface area contributed by atoms with E-state index in [0.29, 0.717) is 28.4 Å². The maximum absolute atomic E-state index is 13.1. The number of carboxylic acids is 3. The van der Waals surface area contributed by atoms with Gasteiger partial charge in [-0.15, -0.1) is 0 Å². The SMILES string of the molecule is CN1CCN(c2nc(C3=C(c4c[nH]c5ccccc45)C(=O)NC3=O)c3ccccc3n2)CC1.O=C(O)CC(O)(CC(=O)O)C(=O)O. The van der Waals surface area contributed by atoms with Crippen LogP contribution in [0, 0.1) is 0 Å². The Morgan fingerprint density at radius 3 is 2.04 bits per heavy atom. The van der Waals surface area contributed by atoms with Gasteiger partial charge in [0.2, 0.25) is 5.95 Å². The van der Waals surface area contributed by atoms with E-state index in [4.69, 9.17) is 30.4 Å². The number of aromatic amines is 1. The standard InChI is InChI=1S/C25H22N6O2.C6H8O7/c1-30-10-12-31(13-11-30)25-27-19-9-5-3-7-16(19)22(28-25)21-20(23(32)29-24(21)33)17-14-26-18-8-4-2-6-15(17)18;7-3(8)1-6(13,5(11)12)2-4(9)10/h2-9,14,26H,10-13H2,1H3,(H,29,32,33);13H,1-2H2,(H,7,8)(H,9,10)(H,11,12). The highest BCUT2D eigenvalue weighted by atomic mass is 16.4. The monoisotopic (exact) mass is 630 g/mol. The normalized spacial score (nSPS) is 15.6. The summed E-state index contributed by atoms with van der Waals surface area (Å²) in [5.41, 5.74) is 0.708. The molecule has 15 heteroatoms. The zero-order chi connectivity index (χ0) is 33.2. The van der Waals surface area contributed by atoms with Crippen molar-refractivity contribution in [1.29, 1.82) is 0 Å². The summed E-state index contributed by atoms with van der Waals surface area (Å²) in [6, 6.07) is 15.4. The minimum Gasteiger partial charge on any atom is -0.481 e. The Morgan fingerprint density at radius 2 is 1.41 bits per heavy atom. The van der Waals surface area contributed by atoms with Crippen molar-refractivity contribution in [1.82, 2.24) is 25.2 Å². The molecule has 0 unspecified atom stereocenters. The predicted molar refractivity (Wildman–Crippen MR) is 165 cm³/mol. The number of para-hydroxylation sites is 2. The first-order valence-corrected chi connectivity index (χ1v) is 14.1. The van der Waals surface area contributed by atoms with Crippen LogP contribution in [0.5, 0.6) is 0 Å². The van der Waals surface area contributed by atoms with Crippen molar-refractivity contribution < 1.29 is 44.4 Å². The first-order chi connectivity index (χ1) is 21.9. The van der Waals surface area contributed by atoms with Gasteiger partial charge < -0.3 is 35.2 Å². The summed E-state index contributed by atoms with van der Waals surface area (Å²) in [6.07, 6.45) is -0.508. The minimum atomic E-state index is -2.74. The Morgan fingerprint density at radius 1 is 0.826 bits per heavy atom. The molecule has 2 aromatic carbocycles. The summed E-state index contributed by atoms with van der Waals surface area (Å²) < 4.78 is 0. The molecule has 4 aromatic rings. The first kappa shape index (κ1) is 31.7. The Kier molecular flexibility index (Phi) is 8.80. The summed E-state index contributed by atoms with van der Waals surface area (Å²) in [7, 11) is 2.09. The fraction of sp³-hybridized carbons (Fsp3) is 0.258. The molecule has 2 aromatic heterocycles. The zero-order valence-electron chi connectivity index (χ0n) is 24.6. The number of aliphatic carboxylic acids is 3. The number of fused-ring (bicyclic) bond motifs is 2. The number of nitrogens with zero attached hydrogens (tertiary/aromatic N) is 4. The fourth-order valence-corrected chi connectivity index (χ4v) is 5.33. The third kappa shape index (κ3) is 6.40. The summed E-state index contributed by atoms with van der Waals surface area (Å²) >= 11 is 0. The van der Waals surface area contributed by atoms with Crippen LogP contribution in [0.25, 0.3) is 33.0 Å². The number of benzene rings is 2. The van der Waals surface area contributed by atoms with Gasteiger partial charge in [-0.1, -0.05) is 36.4 Å².